The summed E-state index contributed by atoms with van der Waals surface area (Å²) in [6, 6.07) is 4.54. The standard InChI is InChI=1S/C12H14S/c1-4-10-8(2)7-12-11(9(10)3)5-6-13-12/h5-7H,4H2,1-3H3. The molecule has 0 aliphatic heterocycles. The summed E-state index contributed by atoms with van der Waals surface area (Å²) in [5.41, 5.74) is 4.43. The predicted molar refractivity (Wildman–Crippen MR) is 60.7 cm³/mol. The highest BCUT2D eigenvalue weighted by atomic mass is 32.1. The molecule has 0 atom stereocenters. The van der Waals surface area contributed by atoms with Gasteiger partial charge in [-0.2, -0.15) is 0 Å². The zero-order valence-electron chi connectivity index (χ0n) is 8.35. The highest BCUT2D eigenvalue weighted by Gasteiger charge is 2.06. The summed E-state index contributed by atoms with van der Waals surface area (Å²) in [5.74, 6) is 0. The van der Waals surface area contributed by atoms with Gasteiger partial charge in [-0.25, -0.2) is 0 Å². The van der Waals surface area contributed by atoms with E-state index in [1.165, 1.54) is 26.8 Å². The molecule has 0 aliphatic carbocycles. The Balaban J connectivity index is 2.85. The van der Waals surface area contributed by atoms with Crippen molar-refractivity contribution in [3.63, 3.8) is 0 Å². The molecule has 13 heavy (non-hydrogen) atoms. The molecule has 1 heterocycles. The Morgan fingerprint density at radius 3 is 2.77 bits per heavy atom. The van der Waals surface area contributed by atoms with Crippen molar-refractivity contribution in [2.75, 3.05) is 0 Å². The van der Waals surface area contributed by atoms with Gasteiger partial charge in [-0.15, -0.1) is 11.3 Å². The first-order chi connectivity index (χ1) is 6.24. The molecule has 2 rings (SSSR count). The highest BCUT2D eigenvalue weighted by molar-refractivity contribution is 7.17. The van der Waals surface area contributed by atoms with Gasteiger partial charge in [-0.1, -0.05) is 6.92 Å². The minimum Gasteiger partial charge on any atom is -0.144 e. The second-order valence-corrected chi connectivity index (χ2v) is 4.43. The third-order valence-corrected chi connectivity index (χ3v) is 3.59. The maximum Gasteiger partial charge on any atom is 0.0348 e. The molecule has 0 unspecified atom stereocenters. The van der Waals surface area contributed by atoms with Crippen molar-refractivity contribution in [1.29, 1.82) is 0 Å². The lowest BCUT2D eigenvalue weighted by Crippen LogP contribution is -1.91. The lowest BCUT2D eigenvalue weighted by Gasteiger charge is -2.08. The molecule has 0 spiro atoms. The summed E-state index contributed by atoms with van der Waals surface area (Å²) in [6.45, 7) is 6.68. The second-order valence-electron chi connectivity index (χ2n) is 3.48. The van der Waals surface area contributed by atoms with Gasteiger partial charge in [-0.3, -0.25) is 0 Å². The average molecular weight is 190 g/mol. The quantitative estimate of drug-likeness (QED) is 0.635. The zero-order valence-corrected chi connectivity index (χ0v) is 9.16. The minimum atomic E-state index is 1.14. The lowest BCUT2D eigenvalue weighted by atomic mass is 9.98. The van der Waals surface area contributed by atoms with Crippen molar-refractivity contribution in [1.82, 2.24) is 0 Å². The maximum absolute atomic E-state index is 2.31. The first kappa shape index (κ1) is 8.76. The Bertz CT molecular complexity index is 438. The van der Waals surface area contributed by atoms with Gasteiger partial charge >= 0.3 is 0 Å². The third-order valence-electron chi connectivity index (χ3n) is 2.73. The Kier molecular flexibility index (Phi) is 2.12. The van der Waals surface area contributed by atoms with E-state index in [2.05, 4.69) is 38.3 Å². The first-order valence-corrected chi connectivity index (χ1v) is 5.58. The van der Waals surface area contributed by atoms with E-state index in [0.717, 1.165) is 6.42 Å². The van der Waals surface area contributed by atoms with E-state index < -0.39 is 0 Å². The fraction of sp³-hybridized carbons (Fsp3) is 0.333. The Labute approximate surface area is 83.2 Å². The Morgan fingerprint density at radius 1 is 1.31 bits per heavy atom. The van der Waals surface area contributed by atoms with E-state index in [0.29, 0.717) is 0 Å². The number of hydrogen-bond acceptors (Lipinski definition) is 1. The second kappa shape index (κ2) is 3.15. The number of thiophene rings is 1. The molecule has 0 N–H and O–H groups in total. The van der Waals surface area contributed by atoms with Crippen molar-refractivity contribution in [2.24, 2.45) is 0 Å². The molecule has 2 aromatic rings. The predicted octanol–water partition coefficient (Wildman–Crippen LogP) is 4.08. The van der Waals surface area contributed by atoms with Gasteiger partial charge in [0.15, 0.2) is 0 Å². The van der Waals surface area contributed by atoms with Crippen LogP contribution in [-0.2, 0) is 6.42 Å². The van der Waals surface area contributed by atoms with Crippen LogP contribution in [0.5, 0.6) is 0 Å². The molecule has 0 radical (unpaired) electrons. The van der Waals surface area contributed by atoms with Gasteiger partial charge in [0.05, 0.1) is 0 Å². The van der Waals surface area contributed by atoms with Crippen LogP contribution in [0.25, 0.3) is 10.1 Å². The van der Waals surface area contributed by atoms with Crippen LogP contribution in [0.3, 0.4) is 0 Å². The summed E-state index contributed by atoms with van der Waals surface area (Å²) < 4.78 is 1.42. The number of hydrogen-bond donors (Lipinski definition) is 0. The highest BCUT2D eigenvalue weighted by Crippen LogP contribution is 2.29. The normalized spacial score (nSPS) is 11.0. The summed E-state index contributed by atoms with van der Waals surface area (Å²) in [6.07, 6.45) is 1.14. The van der Waals surface area contributed by atoms with Crippen molar-refractivity contribution in [2.45, 2.75) is 27.2 Å². The van der Waals surface area contributed by atoms with E-state index in [4.69, 9.17) is 0 Å². The minimum absolute atomic E-state index is 1.14. The Morgan fingerprint density at radius 2 is 2.08 bits per heavy atom. The van der Waals surface area contributed by atoms with E-state index in [9.17, 15) is 0 Å². The number of rotatable bonds is 1. The topological polar surface area (TPSA) is 0 Å². The van der Waals surface area contributed by atoms with E-state index in [1.807, 2.05) is 11.3 Å². The monoisotopic (exact) mass is 190 g/mol. The molecule has 0 aliphatic rings. The van der Waals surface area contributed by atoms with E-state index >= 15 is 0 Å². The molecule has 0 fully saturated rings. The van der Waals surface area contributed by atoms with Crippen molar-refractivity contribution in [3.8, 4) is 0 Å². The molecule has 0 bridgehead atoms. The first-order valence-electron chi connectivity index (χ1n) is 4.70. The molecule has 1 heteroatoms. The van der Waals surface area contributed by atoms with Crippen molar-refractivity contribution in [3.05, 3.63) is 34.2 Å². The lowest BCUT2D eigenvalue weighted by molar-refractivity contribution is 1.09. The fourth-order valence-electron chi connectivity index (χ4n) is 2.03. The molecule has 1 aromatic carbocycles. The van der Waals surface area contributed by atoms with Crippen LogP contribution in [0.15, 0.2) is 17.5 Å². The van der Waals surface area contributed by atoms with Crippen LogP contribution >= 0.6 is 11.3 Å². The maximum atomic E-state index is 2.31. The van der Waals surface area contributed by atoms with Crippen LogP contribution in [-0.4, -0.2) is 0 Å². The van der Waals surface area contributed by atoms with Crippen molar-refractivity contribution >= 4 is 21.4 Å². The SMILES string of the molecule is CCc1c(C)cc2sccc2c1C. The molecular weight excluding hydrogens is 176 g/mol. The van der Waals surface area contributed by atoms with Gasteiger partial charge in [-0.05, 0) is 59.9 Å². The fourth-order valence-corrected chi connectivity index (χ4v) is 2.97. The third kappa shape index (κ3) is 1.28. The molecular formula is C12H14S. The smallest absolute Gasteiger partial charge is 0.0348 e. The van der Waals surface area contributed by atoms with E-state index in [1.54, 1.807) is 0 Å². The number of fused-ring (bicyclic) bond motifs is 1. The van der Waals surface area contributed by atoms with Crippen LogP contribution in [0, 0.1) is 13.8 Å². The van der Waals surface area contributed by atoms with Crippen LogP contribution in [0.2, 0.25) is 0 Å². The summed E-state index contributed by atoms with van der Waals surface area (Å²) in [7, 11) is 0. The van der Waals surface area contributed by atoms with E-state index in [-0.39, 0.29) is 0 Å². The van der Waals surface area contributed by atoms with Crippen LogP contribution in [0.1, 0.15) is 23.6 Å². The Hall–Kier alpha value is -0.820. The molecule has 0 saturated carbocycles. The molecule has 0 amide bonds. The van der Waals surface area contributed by atoms with Crippen molar-refractivity contribution < 1.29 is 0 Å². The molecule has 68 valence electrons. The van der Waals surface area contributed by atoms with Gasteiger partial charge in [0.1, 0.15) is 0 Å². The van der Waals surface area contributed by atoms with Gasteiger partial charge in [0.2, 0.25) is 0 Å². The van der Waals surface area contributed by atoms with Gasteiger partial charge in [0, 0.05) is 4.70 Å². The molecule has 0 saturated heterocycles. The number of aryl methyl sites for hydroxylation is 2. The van der Waals surface area contributed by atoms with Gasteiger partial charge < -0.3 is 0 Å². The van der Waals surface area contributed by atoms with Crippen LogP contribution < -0.4 is 0 Å². The number of benzene rings is 1. The molecule has 0 nitrogen and oxygen atoms in total. The summed E-state index contributed by atoms with van der Waals surface area (Å²) in [4.78, 5) is 0. The zero-order chi connectivity index (χ0) is 9.42. The van der Waals surface area contributed by atoms with Gasteiger partial charge in [0.25, 0.3) is 0 Å². The summed E-state index contributed by atoms with van der Waals surface area (Å²) >= 11 is 1.83. The largest absolute Gasteiger partial charge is 0.144 e. The summed E-state index contributed by atoms with van der Waals surface area (Å²) in [5, 5.41) is 3.61. The molecule has 1 aromatic heterocycles. The average Bonchev–Trinajstić information content (AvgIpc) is 2.53. The van der Waals surface area contributed by atoms with Crippen LogP contribution in [0.4, 0.5) is 0 Å².